The maximum absolute atomic E-state index is 11.0. The van der Waals surface area contributed by atoms with Crippen LogP contribution in [-0.2, 0) is 4.79 Å². The van der Waals surface area contributed by atoms with Crippen LogP contribution in [0.4, 0.5) is 0 Å². The second kappa shape index (κ2) is 15.1. The van der Waals surface area contributed by atoms with E-state index in [1.807, 2.05) is 10.8 Å². The van der Waals surface area contributed by atoms with Crippen LogP contribution in [0.2, 0.25) is 0 Å². The number of rotatable bonds is 16. The fraction of sp³-hybridized carbons (Fsp3) is 0.941. The summed E-state index contributed by atoms with van der Waals surface area (Å²) in [5, 5.41) is 9.02. The predicted octanol–water partition coefficient (Wildman–Crippen LogP) is 7.05. The van der Waals surface area contributed by atoms with E-state index in [2.05, 4.69) is 6.92 Å². The molecule has 0 fully saturated rings. The lowest BCUT2D eigenvalue weighted by molar-refractivity contribution is -0.145. The summed E-state index contributed by atoms with van der Waals surface area (Å²) < 4.78 is 0. The van der Waals surface area contributed by atoms with E-state index < -0.39 is 11.4 Å². The van der Waals surface area contributed by atoms with Crippen LogP contribution in [0.3, 0.4) is 0 Å². The summed E-state index contributed by atoms with van der Waals surface area (Å²) in [6.07, 6.45) is 13.8. The summed E-state index contributed by atoms with van der Waals surface area (Å²) >= 11 is 0. The van der Waals surface area contributed by atoms with Gasteiger partial charge in [-0.25, -0.2) is 0 Å². The van der Waals surface area contributed by atoms with E-state index in [1.54, 1.807) is 34.5 Å². The van der Waals surface area contributed by atoms with E-state index in [-0.39, 0.29) is 0 Å². The second-order valence-corrected chi connectivity index (χ2v) is 10.9. The molecule has 1 N–H and O–H groups in total. The van der Waals surface area contributed by atoms with Crippen LogP contribution in [0.15, 0.2) is 0 Å². The molecule has 0 rings (SSSR count). The van der Waals surface area contributed by atoms with E-state index in [4.69, 9.17) is 5.11 Å². The molecule has 0 heterocycles. The summed E-state index contributed by atoms with van der Waals surface area (Å²) in [5.41, 5.74) is -0.616. The van der Waals surface area contributed by atoms with E-state index in [0.717, 1.165) is 0 Å². The van der Waals surface area contributed by atoms with E-state index in [9.17, 15) is 4.79 Å². The molecule has 0 aliphatic rings. The fourth-order valence-corrected chi connectivity index (χ4v) is 6.32. The molecular formula is C17H34O2S3. The lowest BCUT2D eigenvalue weighted by Crippen LogP contribution is -2.25. The van der Waals surface area contributed by atoms with Crippen LogP contribution in [0.25, 0.3) is 0 Å². The molecule has 0 aromatic carbocycles. The summed E-state index contributed by atoms with van der Waals surface area (Å²) in [7, 11) is 5.29. The van der Waals surface area contributed by atoms with Crippen molar-refractivity contribution < 1.29 is 9.90 Å². The number of carbonyl (C=O) groups is 1. The van der Waals surface area contributed by atoms with Crippen molar-refractivity contribution in [3.05, 3.63) is 0 Å². The van der Waals surface area contributed by atoms with Crippen molar-refractivity contribution in [2.24, 2.45) is 5.41 Å². The third-order valence-corrected chi connectivity index (χ3v) is 8.33. The fourth-order valence-electron chi connectivity index (χ4n) is 1.95. The molecule has 0 bridgehead atoms. The maximum Gasteiger partial charge on any atom is 0.309 e. The molecule has 132 valence electrons. The predicted molar refractivity (Wildman–Crippen MR) is 106 cm³/mol. The average Bonchev–Trinajstić information content (AvgIpc) is 2.47. The van der Waals surface area contributed by atoms with Gasteiger partial charge in [-0.3, -0.25) is 4.79 Å². The molecule has 0 aromatic heterocycles. The van der Waals surface area contributed by atoms with E-state index in [1.165, 1.54) is 70.0 Å². The second-order valence-electron chi connectivity index (χ2n) is 6.52. The molecule has 0 unspecified atom stereocenters. The van der Waals surface area contributed by atoms with Gasteiger partial charge in [0.25, 0.3) is 0 Å². The highest BCUT2D eigenvalue weighted by Crippen LogP contribution is 2.38. The van der Waals surface area contributed by atoms with Gasteiger partial charge in [-0.2, -0.15) is 0 Å². The average molecular weight is 367 g/mol. The maximum atomic E-state index is 11.0. The molecule has 0 aliphatic carbocycles. The quantitative estimate of drug-likeness (QED) is 0.234. The van der Waals surface area contributed by atoms with Gasteiger partial charge in [-0.05, 0) is 30.1 Å². The minimum Gasteiger partial charge on any atom is -0.481 e. The summed E-state index contributed by atoms with van der Waals surface area (Å²) in [5.74, 6) is 1.14. The Morgan fingerprint density at radius 3 is 1.86 bits per heavy atom. The van der Waals surface area contributed by atoms with Gasteiger partial charge in [0.15, 0.2) is 0 Å². The van der Waals surface area contributed by atoms with Crippen LogP contribution in [-0.4, -0.2) is 22.6 Å². The Morgan fingerprint density at radius 2 is 1.36 bits per heavy atom. The molecule has 0 saturated carbocycles. The largest absolute Gasteiger partial charge is 0.481 e. The third-order valence-electron chi connectivity index (χ3n) is 3.68. The van der Waals surface area contributed by atoms with Crippen LogP contribution >= 0.6 is 31.4 Å². The first kappa shape index (κ1) is 22.5. The first-order chi connectivity index (χ1) is 10.5. The van der Waals surface area contributed by atoms with Gasteiger partial charge in [-0.1, -0.05) is 86.3 Å². The van der Waals surface area contributed by atoms with Crippen LogP contribution in [0, 0.1) is 5.41 Å². The zero-order chi connectivity index (χ0) is 16.7. The van der Waals surface area contributed by atoms with Crippen molar-refractivity contribution in [1.82, 2.24) is 0 Å². The summed E-state index contributed by atoms with van der Waals surface area (Å²) in [6.45, 7) is 5.84. The summed E-state index contributed by atoms with van der Waals surface area (Å²) in [4.78, 5) is 11.0. The van der Waals surface area contributed by atoms with Crippen LogP contribution in [0.5, 0.6) is 0 Å². The molecular weight excluding hydrogens is 332 g/mol. The molecule has 0 spiro atoms. The van der Waals surface area contributed by atoms with Crippen molar-refractivity contribution in [2.45, 2.75) is 85.0 Å². The topological polar surface area (TPSA) is 37.3 Å². The molecule has 0 amide bonds. The number of hydrogen-bond donors (Lipinski definition) is 1. The highest BCUT2D eigenvalue weighted by atomic mass is 33.5. The smallest absolute Gasteiger partial charge is 0.309 e. The standard InChI is InChI=1S/C17H34O2S3/c1-4-5-6-7-8-9-10-11-12-13-14-20-22-21-15-17(2,3)16(18)19/h4-15H2,1-3H3,(H,18,19). The lowest BCUT2D eigenvalue weighted by atomic mass is 9.97. The minimum absolute atomic E-state index is 0.616. The van der Waals surface area contributed by atoms with Gasteiger partial charge in [-0.15, -0.1) is 0 Å². The number of unbranched alkanes of at least 4 members (excludes halogenated alkanes) is 9. The van der Waals surface area contributed by atoms with Gasteiger partial charge in [0.1, 0.15) is 0 Å². The molecule has 22 heavy (non-hydrogen) atoms. The van der Waals surface area contributed by atoms with Crippen molar-refractivity contribution in [3.63, 3.8) is 0 Å². The molecule has 2 nitrogen and oxygen atoms in total. The van der Waals surface area contributed by atoms with Crippen molar-refractivity contribution in [2.75, 3.05) is 11.5 Å². The molecule has 0 saturated heterocycles. The van der Waals surface area contributed by atoms with Gasteiger partial charge < -0.3 is 5.11 Å². The van der Waals surface area contributed by atoms with Gasteiger partial charge in [0.2, 0.25) is 0 Å². The number of carboxylic acid groups (broad SMARTS) is 1. The SMILES string of the molecule is CCCCCCCCCCCCSSSCC(C)(C)C(=O)O. The normalized spacial score (nSPS) is 11.8. The first-order valence-corrected chi connectivity index (χ1v) is 12.5. The molecule has 0 aliphatic heterocycles. The molecule has 0 aromatic rings. The minimum atomic E-state index is -0.708. The van der Waals surface area contributed by atoms with Crippen LogP contribution < -0.4 is 0 Å². The van der Waals surface area contributed by atoms with Crippen molar-refractivity contribution in [1.29, 1.82) is 0 Å². The van der Waals surface area contributed by atoms with E-state index >= 15 is 0 Å². The van der Waals surface area contributed by atoms with Crippen molar-refractivity contribution in [3.8, 4) is 0 Å². The molecule has 5 heteroatoms. The number of aliphatic carboxylic acids is 1. The number of carboxylic acids is 1. The van der Waals surface area contributed by atoms with Crippen LogP contribution in [0.1, 0.15) is 85.0 Å². The zero-order valence-corrected chi connectivity index (χ0v) is 17.0. The first-order valence-electron chi connectivity index (χ1n) is 8.65. The Hall–Kier alpha value is 0.520. The summed E-state index contributed by atoms with van der Waals surface area (Å²) in [6, 6.07) is 0. The lowest BCUT2D eigenvalue weighted by Gasteiger charge is -2.17. The number of hydrogen-bond acceptors (Lipinski definition) is 4. The Balaban J connectivity index is 3.16. The van der Waals surface area contributed by atoms with Gasteiger partial charge in [0.05, 0.1) is 5.41 Å². The Morgan fingerprint density at radius 1 is 0.864 bits per heavy atom. The third kappa shape index (κ3) is 14.1. The molecule has 0 radical (unpaired) electrons. The van der Waals surface area contributed by atoms with Crippen molar-refractivity contribution >= 4 is 37.4 Å². The molecule has 0 atom stereocenters. The van der Waals surface area contributed by atoms with Gasteiger partial charge >= 0.3 is 5.97 Å². The zero-order valence-electron chi connectivity index (χ0n) is 14.6. The van der Waals surface area contributed by atoms with Gasteiger partial charge in [0, 0.05) is 11.5 Å². The Kier molecular flexibility index (Phi) is 15.4. The highest BCUT2D eigenvalue weighted by Gasteiger charge is 2.26. The Bertz CT molecular complexity index is 271. The monoisotopic (exact) mass is 366 g/mol. The highest BCUT2D eigenvalue weighted by molar-refractivity contribution is 9.09. The van der Waals surface area contributed by atoms with E-state index in [0.29, 0.717) is 5.75 Å². The Labute approximate surface area is 149 Å².